The van der Waals surface area contributed by atoms with Crippen LogP contribution in [0.1, 0.15) is 45.9 Å². The van der Waals surface area contributed by atoms with E-state index in [0.29, 0.717) is 40.7 Å². The Kier molecular flexibility index (Phi) is 7.08. The second kappa shape index (κ2) is 10.2. The van der Waals surface area contributed by atoms with Crippen molar-refractivity contribution in [3.8, 4) is 11.5 Å². The number of nitrogens with one attached hydrogen (secondary N) is 1. The van der Waals surface area contributed by atoms with Crippen molar-refractivity contribution < 1.29 is 19.1 Å². The summed E-state index contributed by atoms with van der Waals surface area (Å²) in [5, 5.41) is 3.65. The lowest BCUT2D eigenvalue weighted by Crippen LogP contribution is -2.40. The maximum atomic E-state index is 13.6. The van der Waals surface area contributed by atoms with Crippen LogP contribution in [0.15, 0.2) is 66.7 Å². The Labute approximate surface area is 204 Å². The Hall–Kier alpha value is -3.51. The van der Waals surface area contributed by atoms with Crippen molar-refractivity contribution in [2.75, 3.05) is 20.8 Å². The molecule has 176 valence electrons. The largest absolute Gasteiger partial charge is 0.493 e. The molecular formula is C27H27ClN2O4. The maximum absolute atomic E-state index is 13.6. The zero-order valence-corrected chi connectivity index (χ0v) is 20.1. The van der Waals surface area contributed by atoms with Crippen molar-refractivity contribution in [2.45, 2.75) is 25.4 Å². The molecule has 0 aromatic heterocycles. The molecule has 2 atom stereocenters. The van der Waals surface area contributed by atoms with Gasteiger partial charge in [-0.05, 0) is 35.2 Å². The molecule has 7 heteroatoms. The molecule has 0 fully saturated rings. The molecule has 2 amide bonds. The monoisotopic (exact) mass is 478 g/mol. The minimum Gasteiger partial charge on any atom is -0.493 e. The summed E-state index contributed by atoms with van der Waals surface area (Å²) in [6.07, 6.45) is 0. The number of amides is 2. The predicted octanol–water partition coefficient (Wildman–Crippen LogP) is 4.97. The number of hydrogen-bond acceptors (Lipinski definition) is 4. The fourth-order valence-corrected chi connectivity index (χ4v) is 4.49. The van der Waals surface area contributed by atoms with Crippen molar-refractivity contribution in [1.29, 1.82) is 0 Å². The van der Waals surface area contributed by atoms with Gasteiger partial charge in [0, 0.05) is 23.7 Å². The summed E-state index contributed by atoms with van der Waals surface area (Å²) in [6, 6.07) is 19.9. The number of ether oxygens (including phenoxy) is 2. The van der Waals surface area contributed by atoms with E-state index in [1.165, 1.54) is 14.2 Å². The topological polar surface area (TPSA) is 67.9 Å². The summed E-state index contributed by atoms with van der Waals surface area (Å²) in [6.45, 7) is 2.74. The maximum Gasteiger partial charge on any atom is 0.259 e. The summed E-state index contributed by atoms with van der Waals surface area (Å²) in [5.74, 6) is 0.267. The number of fused-ring (bicyclic) bond motifs is 1. The van der Waals surface area contributed by atoms with Crippen molar-refractivity contribution in [2.24, 2.45) is 0 Å². The molecule has 0 aliphatic carbocycles. The quantitative estimate of drug-likeness (QED) is 0.496. The molecule has 0 spiro atoms. The van der Waals surface area contributed by atoms with E-state index in [1.807, 2.05) is 61.5 Å². The van der Waals surface area contributed by atoms with Gasteiger partial charge in [0.15, 0.2) is 11.5 Å². The molecule has 3 aromatic rings. The van der Waals surface area contributed by atoms with Crippen LogP contribution in [0, 0.1) is 0 Å². The summed E-state index contributed by atoms with van der Waals surface area (Å²) in [4.78, 5) is 28.7. The van der Waals surface area contributed by atoms with Crippen LogP contribution < -0.4 is 14.8 Å². The molecule has 1 aliphatic heterocycles. The highest BCUT2D eigenvalue weighted by atomic mass is 35.5. The van der Waals surface area contributed by atoms with E-state index in [4.69, 9.17) is 21.1 Å². The average Bonchev–Trinajstić information content (AvgIpc) is 3.14. The molecule has 0 radical (unpaired) electrons. The van der Waals surface area contributed by atoms with Crippen molar-refractivity contribution in [3.05, 3.63) is 94.0 Å². The van der Waals surface area contributed by atoms with Gasteiger partial charge in [-0.3, -0.25) is 9.59 Å². The van der Waals surface area contributed by atoms with E-state index >= 15 is 0 Å². The number of carbonyl (C=O) groups is 2. The van der Waals surface area contributed by atoms with Gasteiger partial charge >= 0.3 is 0 Å². The summed E-state index contributed by atoms with van der Waals surface area (Å²) < 4.78 is 10.9. The number of methoxy groups -OCH3 is 2. The van der Waals surface area contributed by atoms with Gasteiger partial charge < -0.3 is 19.7 Å². The van der Waals surface area contributed by atoms with Crippen LogP contribution in [-0.2, 0) is 11.3 Å². The third kappa shape index (κ3) is 4.59. The van der Waals surface area contributed by atoms with E-state index in [1.54, 1.807) is 17.0 Å². The first-order chi connectivity index (χ1) is 16.4. The minimum absolute atomic E-state index is 0.0205. The van der Waals surface area contributed by atoms with Crippen LogP contribution >= 0.6 is 11.6 Å². The minimum atomic E-state index is -0.777. The second-order valence-electron chi connectivity index (χ2n) is 8.28. The van der Waals surface area contributed by atoms with Gasteiger partial charge in [-0.25, -0.2) is 0 Å². The highest BCUT2D eigenvalue weighted by molar-refractivity contribution is 6.30. The van der Waals surface area contributed by atoms with Gasteiger partial charge in [-0.2, -0.15) is 0 Å². The first-order valence-electron chi connectivity index (χ1n) is 11.1. The number of nitrogens with zero attached hydrogens (tertiary/aromatic N) is 1. The molecule has 34 heavy (non-hydrogen) atoms. The predicted molar refractivity (Wildman–Crippen MR) is 131 cm³/mol. The van der Waals surface area contributed by atoms with Gasteiger partial charge in [0.05, 0.1) is 19.8 Å². The molecule has 0 saturated carbocycles. The van der Waals surface area contributed by atoms with E-state index < -0.39 is 6.04 Å². The number of benzene rings is 3. The fraction of sp³-hybridized carbons (Fsp3) is 0.259. The molecule has 4 rings (SSSR count). The first kappa shape index (κ1) is 23.6. The van der Waals surface area contributed by atoms with Crippen LogP contribution in [0.2, 0.25) is 5.02 Å². The van der Waals surface area contributed by atoms with Crippen LogP contribution in [-0.4, -0.2) is 37.5 Å². The van der Waals surface area contributed by atoms with Gasteiger partial charge in [-0.1, -0.05) is 67.1 Å². The normalized spacial score (nSPS) is 15.6. The lowest BCUT2D eigenvalue weighted by Gasteiger charge is -2.27. The molecule has 1 heterocycles. The van der Waals surface area contributed by atoms with E-state index in [0.717, 1.165) is 11.1 Å². The molecule has 0 bridgehead atoms. The highest BCUT2D eigenvalue weighted by Crippen LogP contribution is 2.44. The van der Waals surface area contributed by atoms with Gasteiger partial charge in [-0.15, -0.1) is 0 Å². The van der Waals surface area contributed by atoms with Crippen molar-refractivity contribution in [1.82, 2.24) is 10.2 Å². The molecule has 0 saturated heterocycles. The number of carbonyl (C=O) groups excluding carboxylic acids is 2. The zero-order chi connectivity index (χ0) is 24.2. The molecule has 1 N–H and O–H groups in total. The average molecular weight is 479 g/mol. The molecule has 6 nitrogen and oxygen atoms in total. The Bertz CT molecular complexity index is 1180. The zero-order valence-electron chi connectivity index (χ0n) is 19.4. The Morgan fingerprint density at radius 1 is 1.03 bits per heavy atom. The molecule has 3 aromatic carbocycles. The molecule has 1 aliphatic rings. The standard InChI is InChI=1S/C27H27ClN2O4/c1-17(19-9-11-20(28)12-10-19)16-30-24(26(31)29-15-18-7-5-4-6-8-18)21-13-14-22(33-2)25(34-3)23(21)27(30)32/h4-14,17,24H,15-16H2,1-3H3,(H,29,31). The number of rotatable bonds is 8. The molecular weight excluding hydrogens is 452 g/mol. The van der Waals surface area contributed by atoms with Crippen molar-refractivity contribution >= 4 is 23.4 Å². The van der Waals surface area contributed by atoms with Crippen LogP contribution in [0.3, 0.4) is 0 Å². The second-order valence-corrected chi connectivity index (χ2v) is 8.72. The van der Waals surface area contributed by atoms with Crippen LogP contribution in [0.4, 0.5) is 0 Å². The fourth-order valence-electron chi connectivity index (χ4n) is 4.36. The Morgan fingerprint density at radius 2 is 1.74 bits per heavy atom. The van der Waals surface area contributed by atoms with E-state index in [-0.39, 0.29) is 17.7 Å². The third-order valence-corrected chi connectivity index (χ3v) is 6.38. The lowest BCUT2D eigenvalue weighted by atomic mass is 9.99. The lowest BCUT2D eigenvalue weighted by molar-refractivity contribution is -0.125. The molecule has 2 unspecified atom stereocenters. The summed E-state index contributed by atoms with van der Waals surface area (Å²) in [5.41, 5.74) is 2.98. The number of hydrogen-bond donors (Lipinski definition) is 1. The van der Waals surface area contributed by atoms with Gasteiger partial charge in [0.25, 0.3) is 5.91 Å². The van der Waals surface area contributed by atoms with Gasteiger partial charge in [0.1, 0.15) is 6.04 Å². The van der Waals surface area contributed by atoms with Crippen LogP contribution in [0.25, 0.3) is 0 Å². The van der Waals surface area contributed by atoms with Gasteiger partial charge in [0.2, 0.25) is 5.91 Å². The van der Waals surface area contributed by atoms with Crippen molar-refractivity contribution in [3.63, 3.8) is 0 Å². The summed E-state index contributed by atoms with van der Waals surface area (Å²) in [7, 11) is 3.02. The SMILES string of the molecule is COc1ccc2c(c1OC)C(=O)N(CC(C)c1ccc(Cl)cc1)C2C(=O)NCc1ccccc1. The third-order valence-electron chi connectivity index (χ3n) is 6.13. The van der Waals surface area contributed by atoms with Crippen LogP contribution in [0.5, 0.6) is 11.5 Å². The van der Waals surface area contributed by atoms with E-state index in [2.05, 4.69) is 5.32 Å². The highest BCUT2D eigenvalue weighted by Gasteiger charge is 2.44. The Balaban J connectivity index is 1.67. The first-order valence-corrected chi connectivity index (χ1v) is 11.4. The smallest absolute Gasteiger partial charge is 0.259 e. The summed E-state index contributed by atoms with van der Waals surface area (Å²) >= 11 is 6.04. The number of halogens is 1. The Morgan fingerprint density at radius 3 is 2.38 bits per heavy atom. The van der Waals surface area contributed by atoms with E-state index in [9.17, 15) is 9.59 Å².